The zero-order chi connectivity index (χ0) is 20.4. The first-order valence-corrected chi connectivity index (χ1v) is 10.1. The van der Waals surface area contributed by atoms with Crippen LogP contribution in [0, 0.1) is 6.92 Å². The van der Waals surface area contributed by atoms with Gasteiger partial charge in [-0.1, -0.05) is 23.4 Å². The third kappa shape index (κ3) is 4.18. The molecule has 7 nitrogen and oxygen atoms in total. The van der Waals surface area contributed by atoms with E-state index in [1.54, 1.807) is 6.92 Å². The molecular weight excluding hydrogens is 366 g/mol. The highest BCUT2D eigenvalue weighted by atomic mass is 16.5. The maximum absolute atomic E-state index is 12.4. The molecule has 7 heteroatoms. The number of para-hydroxylation sites is 1. The van der Waals surface area contributed by atoms with Crippen LogP contribution in [0.1, 0.15) is 41.8 Å². The van der Waals surface area contributed by atoms with E-state index in [4.69, 9.17) is 9.51 Å². The van der Waals surface area contributed by atoms with Gasteiger partial charge in [0.25, 0.3) is 5.91 Å². The minimum atomic E-state index is -0.105. The Labute approximate surface area is 170 Å². The Bertz CT molecular complexity index is 1010. The predicted octanol–water partition coefficient (Wildman–Crippen LogP) is 3.75. The molecule has 1 fully saturated rings. The Morgan fingerprint density at radius 2 is 1.86 bits per heavy atom. The van der Waals surface area contributed by atoms with Gasteiger partial charge in [0.2, 0.25) is 0 Å². The molecule has 152 valence electrons. The molecule has 3 aromatic rings. The number of fused-ring (bicyclic) bond motifs is 1. The molecule has 0 atom stereocenters. The normalized spacial score (nSPS) is 19.1. The molecule has 1 amide bonds. The van der Waals surface area contributed by atoms with Crippen molar-refractivity contribution in [2.75, 3.05) is 24.3 Å². The van der Waals surface area contributed by atoms with Crippen LogP contribution in [-0.2, 0) is 0 Å². The van der Waals surface area contributed by atoms with Gasteiger partial charge in [-0.25, -0.2) is 4.98 Å². The summed E-state index contributed by atoms with van der Waals surface area (Å²) in [7, 11) is 4.10. The van der Waals surface area contributed by atoms with Gasteiger partial charge in [-0.15, -0.1) is 0 Å². The second-order valence-corrected chi connectivity index (χ2v) is 7.90. The van der Waals surface area contributed by atoms with Crippen molar-refractivity contribution in [3.8, 4) is 0 Å². The van der Waals surface area contributed by atoms with Crippen molar-refractivity contribution in [2.24, 2.45) is 0 Å². The minimum absolute atomic E-state index is 0.105. The van der Waals surface area contributed by atoms with Crippen LogP contribution < -0.4 is 15.5 Å². The number of aryl methyl sites for hydroxylation is 1. The van der Waals surface area contributed by atoms with Gasteiger partial charge in [0.1, 0.15) is 17.1 Å². The summed E-state index contributed by atoms with van der Waals surface area (Å²) >= 11 is 0. The first-order chi connectivity index (χ1) is 14.0. The Hall–Kier alpha value is -3.09. The second kappa shape index (κ2) is 8.11. The third-order valence-electron chi connectivity index (χ3n) is 5.59. The fourth-order valence-electron chi connectivity index (χ4n) is 3.97. The Morgan fingerprint density at radius 3 is 2.55 bits per heavy atom. The molecule has 0 aliphatic heterocycles. The molecular formula is C22H27N5O2. The Kier molecular flexibility index (Phi) is 5.38. The molecule has 0 unspecified atom stereocenters. The number of nitrogens with one attached hydrogen (secondary N) is 2. The summed E-state index contributed by atoms with van der Waals surface area (Å²) in [4.78, 5) is 19.3. The molecule has 0 saturated heterocycles. The van der Waals surface area contributed by atoms with Gasteiger partial charge < -0.3 is 20.1 Å². The highest BCUT2D eigenvalue weighted by Gasteiger charge is 2.24. The zero-order valence-corrected chi connectivity index (χ0v) is 17.1. The van der Waals surface area contributed by atoms with Crippen LogP contribution >= 0.6 is 0 Å². The molecule has 1 aromatic carbocycles. The smallest absolute Gasteiger partial charge is 0.256 e. The zero-order valence-electron chi connectivity index (χ0n) is 17.1. The quantitative estimate of drug-likeness (QED) is 0.687. The number of nitrogens with zero attached hydrogens (tertiary/aromatic N) is 3. The van der Waals surface area contributed by atoms with Gasteiger partial charge in [0.15, 0.2) is 0 Å². The lowest BCUT2D eigenvalue weighted by Gasteiger charge is -2.30. The van der Waals surface area contributed by atoms with Crippen molar-refractivity contribution >= 4 is 28.3 Å². The lowest BCUT2D eigenvalue weighted by Crippen LogP contribution is -2.40. The van der Waals surface area contributed by atoms with Crippen LogP contribution in [0.2, 0.25) is 0 Å². The van der Waals surface area contributed by atoms with E-state index < -0.39 is 0 Å². The van der Waals surface area contributed by atoms with E-state index in [1.807, 2.05) is 18.2 Å². The summed E-state index contributed by atoms with van der Waals surface area (Å²) in [5.74, 6) is 1.35. The summed E-state index contributed by atoms with van der Waals surface area (Å²) < 4.78 is 4.98. The Morgan fingerprint density at radius 1 is 1.14 bits per heavy atom. The standard InChI is InChI=1S/C22H27N5O2/c1-14-18(13-23-29-14)22(28)25-16-10-8-15(9-11-16)24-21-12-20(27(2)3)17-6-4-5-7-19(17)26-21/h4-7,12-13,15-16H,8-11H2,1-3H3,(H,24,26)(H,25,28). The number of carbonyl (C=O) groups excluding carboxylic acids is 1. The molecule has 2 N–H and O–H groups in total. The van der Waals surface area contributed by atoms with Crippen LogP contribution in [0.3, 0.4) is 0 Å². The average Bonchev–Trinajstić information content (AvgIpc) is 3.15. The fourth-order valence-corrected chi connectivity index (χ4v) is 3.97. The summed E-state index contributed by atoms with van der Waals surface area (Å²) in [6.45, 7) is 1.75. The van der Waals surface area contributed by atoms with Crippen LogP contribution in [0.15, 0.2) is 41.1 Å². The number of pyridine rings is 1. The molecule has 1 saturated carbocycles. The summed E-state index contributed by atoms with van der Waals surface area (Å²) in [5.41, 5.74) is 2.66. The highest BCUT2D eigenvalue weighted by molar-refractivity contribution is 5.95. The molecule has 0 bridgehead atoms. The highest BCUT2D eigenvalue weighted by Crippen LogP contribution is 2.29. The van der Waals surface area contributed by atoms with Crippen LogP contribution in [0.25, 0.3) is 10.9 Å². The van der Waals surface area contributed by atoms with Crippen LogP contribution in [0.4, 0.5) is 11.5 Å². The second-order valence-electron chi connectivity index (χ2n) is 7.90. The number of rotatable bonds is 5. The lowest BCUT2D eigenvalue weighted by molar-refractivity contribution is 0.0925. The van der Waals surface area contributed by atoms with E-state index in [0.717, 1.165) is 48.1 Å². The maximum Gasteiger partial charge on any atom is 0.256 e. The monoisotopic (exact) mass is 393 g/mol. The molecule has 0 spiro atoms. The summed E-state index contributed by atoms with van der Waals surface area (Å²) in [6, 6.07) is 10.9. The van der Waals surface area contributed by atoms with Crippen LogP contribution in [0.5, 0.6) is 0 Å². The van der Waals surface area contributed by atoms with Gasteiger partial charge in [0.05, 0.1) is 11.7 Å². The maximum atomic E-state index is 12.4. The molecule has 2 heterocycles. The average molecular weight is 393 g/mol. The largest absolute Gasteiger partial charge is 0.377 e. The van der Waals surface area contributed by atoms with Gasteiger partial charge >= 0.3 is 0 Å². The van der Waals surface area contributed by atoms with Crippen molar-refractivity contribution in [3.05, 3.63) is 47.9 Å². The molecule has 29 heavy (non-hydrogen) atoms. The van der Waals surface area contributed by atoms with E-state index in [1.165, 1.54) is 6.20 Å². The number of amides is 1. The van der Waals surface area contributed by atoms with E-state index in [0.29, 0.717) is 17.4 Å². The number of aromatic nitrogens is 2. The van der Waals surface area contributed by atoms with Gasteiger partial charge in [-0.3, -0.25) is 4.79 Å². The van der Waals surface area contributed by atoms with Gasteiger partial charge in [-0.05, 0) is 38.7 Å². The predicted molar refractivity (Wildman–Crippen MR) is 114 cm³/mol. The van der Waals surface area contributed by atoms with E-state index >= 15 is 0 Å². The number of carbonyl (C=O) groups is 1. The third-order valence-corrected chi connectivity index (χ3v) is 5.59. The van der Waals surface area contributed by atoms with Crippen molar-refractivity contribution < 1.29 is 9.32 Å². The van der Waals surface area contributed by atoms with E-state index in [9.17, 15) is 4.79 Å². The van der Waals surface area contributed by atoms with Crippen molar-refractivity contribution in [1.29, 1.82) is 0 Å². The molecule has 1 aliphatic carbocycles. The minimum Gasteiger partial charge on any atom is -0.377 e. The first kappa shape index (κ1) is 19.2. The fraction of sp³-hybridized carbons (Fsp3) is 0.409. The van der Waals surface area contributed by atoms with Crippen molar-refractivity contribution in [3.63, 3.8) is 0 Å². The van der Waals surface area contributed by atoms with Gasteiger partial charge in [0, 0.05) is 43.3 Å². The Balaban J connectivity index is 1.38. The number of benzene rings is 1. The summed E-state index contributed by atoms with van der Waals surface area (Å²) in [5, 5.41) is 11.5. The lowest BCUT2D eigenvalue weighted by atomic mass is 9.91. The van der Waals surface area contributed by atoms with Crippen LogP contribution in [-0.4, -0.2) is 42.2 Å². The topological polar surface area (TPSA) is 83.3 Å². The summed E-state index contributed by atoms with van der Waals surface area (Å²) in [6.07, 6.45) is 5.31. The molecule has 0 radical (unpaired) electrons. The van der Waals surface area contributed by atoms with Crippen molar-refractivity contribution in [2.45, 2.75) is 44.7 Å². The number of anilines is 2. The molecule has 4 rings (SSSR count). The number of hydrogen-bond acceptors (Lipinski definition) is 6. The van der Waals surface area contributed by atoms with Crippen molar-refractivity contribution in [1.82, 2.24) is 15.5 Å². The van der Waals surface area contributed by atoms with E-state index in [2.05, 4.69) is 46.9 Å². The molecule has 2 aromatic heterocycles. The van der Waals surface area contributed by atoms with Gasteiger partial charge in [-0.2, -0.15) is 0 Å². The first-order valence-electron chi connectivity index (χ1n) is 10.1. The SMILES string of the molecule is Cc1oncc1C(=O)NC1CCC(Nc2cc(N(C)C)c3ccccc3n2)CC1. The molecule has 1 aliphatic rings. The number of hydrogen-bond donors (Lipinski definition) is 2. The van der Waals surface area contributed by atoms with E-state index in [-0.39, 0.29) is 11.9 Å².